The molecule has 0 saturated carbocycles. The molecule has 0 fully saturated rings. The molecule has 1 N–H and O–H groups in total. The first kappa shape index (κ1) is 18.4. The van der Waals surface area contributed by atoms with Crippen LogP contribution in [-0.4, -0.2) is 32.6 Å². The van der Waals surface area contributed by atoms with Gasteiger partial charge in [0, 0.05) is 18.3 Å². The highest BCUT2D eigenvalue weighted by molar-refractivity contribution is 5.75. The fourth-order valence-electron chi connectivity index (χ4n) is 2.70. The van der Waals surface area contributed by atoms with Gasteiger partial charge in [0.05, 0.1) is 12.8 Å². The summed E-state index contributed by atoms with van der Waals surface area (Å²) in [6.07, 6.45) is 0. The van der Waals surface area contributed by atoms with Crippen LogP contribution in [0, 0.1) is 13.8 Å². The summed E-state index contributed by atoms with van der Waals surface area (Å²) in [6, 6.07) is 12.3. The number of nitrogens with zero attached hydrogens (tertiary/aromatic N) is 4. The van der Waals surface area contributed by atoms with Crippen LogP contribution in [0.15, 0.2) is 47.3 Å². The number of nitrogens with one attached hydrogen (secondary N) is 1. The quantitative estimate of drug-likeness (QED) is 0.711. The molecule has 0 aliphatic rings. The molecule has 140 valence electrons. The number of methoxy groups -OCH3 is 1. The molecule has 8 nitrogen and oxygen atoms in total. The van der Waals surface area contributed by atoms with Crippen LogP contribution in [0.25, 0.3) is 5.82 Å². The molecule has 0 bridgehead atoms. The Hall–Kier alpha value is -3.42. The van der Waals surface area contributed by atoms with E-state index in [4.69, 9.17) is 4.74 Å². The van der Waals surface area contributed by atoms with E-state index < -0.39 is 0 Å². The maximum Gasteiger partial charge on any atom is 0.267 e. The molecule has 3 aromatic rings. The van der Waals surface area contributed by atoms with E-state index in [1.807, 2.05) is 44.2 Å². The van der Waals surface area contributed by atoms with E-state index in [0.717, 1.165) is 27.4 Å². The van der Waals surface area contributed by atoms with Gasteiger partial charge in [0.1, 0.15) is 12.3 Å². The summed E-state index contributed by atoms with van der Waals surface area (Å²) in [4.78, 5) is 24.3. The molecule has 0 aliphatic carbocycles. The molecule has 2 aromatic heterocycles. The first-order valence-corrected chi connectivity index (χ1v) is 8.47. The van der Waals surface area contributed by atoms with Crippen molar-refractivity contribution in [3.8, 4) is 11.6 Å². The minimum atomic E-state index is -0.350. The van der Waals surface area contributed by atoms with Gasteiger partial charge in [-0.15, -0.1) is 5.10 Å². The fraction of sp³-hybridized carbons (Fsp3) is 0.263. The van der Waals surface area contributed by atoms with Gasteiger partial charge in [-0.05, 0) is 43.7 Å². The van der Waals surface area contributed by atoms with Gasteiger partial charge >= 0.3 is 0 Å². The van der Waals surface area contributed by atoms with E-state index in [1.165, 1.54) is 6.07 Å². The number of rotatable bonds is 6. The number of carbonyl (C=O) groups excluding carboxylic acids is 1. The van der Waals surface area contributed by atoms with E-state index in [1.54, 1.807) is 17.9 Å². The van der Waals surface area contributed by atoms with Crippen molar-refractivity contribution >= 4 is 5.91 Å². The molecule has 1 aromatic carbocycles. The predicted molar refractivity (Wildman–Crippen MR) is 99.9 cm³/mol. The first-order chi connectivity index (χ1) is 13.0. The average Bonchev–Trinajstić information content (AvgIpc) is 3.00. The van der Waals surface area contributed by atoms with Crippen molar-refractivity contribution < 1.29 is 9.53 Å². The third-order valence-corrected chi connectivity index (χ3v) is 4.00. The Morgan fingerprint density at radius 1 is 1.15 bits per heavy atom. The number of benzene rings is 1. The van der Waals surface area contributed by atoms with E-state index in [-0.39, 0.29) is 18.0 Å². The van der Waals surface area contributed by atoms with Gasteiger partial charge in [0.25, 0.3) is 5.56 Å². The summed E-state index contributed by atoms with van der Waals surface area (Å²) >= 11 is 0. The number of hydrogen-bond acceptors (Lipinski definition) is 5. The van der Waals surface area contributed by atoms with Crippen LogP contribution in [0.1, 0.15) is 17.0 Å². The second kappa shape index (κ2) is 7.86. The molecular weight excluding hydrogens is 346 g/mol. The van der Waals surface area contributed by atoms with Crippen molar-refractivity contribution in [2.75, 3.05) is 7.11 Å². The lowest BCUT2D eigenvalue weighted by Gasteiger charge is -2.09. The van der Waals surface area contributed by atoms with Crippen LogP contribution in [0.3, 0.4) is 0 Å². The van der Waals surface area contributed by atoms with Gasteiger partial charge < -0.3 is 10.1 Å². The van der Waals surface area contributed by atoms with Crippen molar-refractivity contribution in [1.82, 2.24) is 24.9 Å². The molecule has 0 atom stereocenters. The smallest absolute Gasteiger partial charge is 0.267 e. The second-order valence-corrected chi connectivity index (χ2v) is 6.15. The molecule has 8 heteroatoms. The summed E-state index contributed by atoms with van der Waals surface area (Å²) in [7, 11) is 1.59. The lowest BCUT2D eigenvalue weighted by atomic mass is 10.2. The highest BCUT2D eigenvalue weighted by Gasteiger charge is 2.10. The minimum Gasteiger partial charge on any atom is -0.497 e. The zero-order valence-corrected chi connectivity index (χ0v) is 15.5. The Kier molecular flexibility index (Phi) is 5.35. The highest BCUT2D eigenvalue weighted by atomic mass is 16.5. The van der Waals surface area contributed by atoms with E-state index in [0.29, 0.717) is 12.4 Å². The monoisotopic (exact) mass is 367 g/mol. The average molecular weight is 367 g/mol. The zero-order chi connectivity index (χ0) is 19.4. The molecule has 2 heterocycles. The molecule has 27 heavy (non-hydrogen) atoms. The molecule has 0 radical (unpaired) electrons. The molecule has 3 rings (SSSR count). The zero-order valence-electron chi connectivity index (χ0n) is 15.5. The summed E-state index contributed by atoms with van der Waals surface area (Å²) in [5, 5.41) is 11.4. The Labute approximate surface area is 156 Å². The van der Waals surface area contributed by atoms with Gasteiger partial charge in [-0.1, -0.05) is 12.1 Å². The Balaban J connectivity index is 1.71. The minimum absolute atomic E-state index is 0.171. The molecule has 0 aliphatic heterocycles. The number of amides is 1. The third-order valence-electron chi connectivity index (χ3n) is 4.00. The van der Waals surface area contributed by atoms with Crippen molar-refractivity contribution in [1.29, 1.82) is 0 Å². The summed E-state index contributed by atoms with van der Waals surface area (Å²) in [5.74, 6) is 0.899. The number of carbonyl (C=O) groups is 1. The lowest BCUT2D eigenvalue weighted by Crippen LogP contribution is -2.33. The molecule has 1 amide bonds. The van der Waals surface area contributed by atoms with Crippen LogP contribution >= 0.6 is 0 Å². The standard InChI is InChI=1S/C19H21N5O3/c1-13-9-14(2)24(21-13)17-7-8-19(26)23(22-17)12-18(25)20-11-15-5-4-6-16(10-15)27-3/h4-10H,11-12H2,1-3H3,(H,20,25). The summed E-state index contributed by atoms with van der Waals surface area (Å²) in [5.41, 5.74) is 2.30. The normalized spacial score (nSPS) is 10.6. The molecular formula is C19H21N5O3. The van der Waals surface area contributed by atoms with Gasteiger partial charge in [0.15, 0.2) is 5.82 Å². The largest absolute Gasteiger partial charge is 0.497 e. The number of ether oxygens (including phenoxy) is 1. The van der Waals surface area contributed by atoms with Gasteiger partial charge in [-0.25, -0.2) is 9.36 Å². The fourth-order valence-corrected chi connectivity index (χ4v) is 2.70. The number of aryl methyl sites for hydroxylation is 2. The van der Waals surface area contributed by atoms with E-state index in [9.17, 15) is 9.59 Å². The molecule has 0 saturated heterocycles. The van der Waals surface area contributed by atoms with E-state index in [2.05, 4.69) is 15.5 Å². The summed E-state index contributed by atoms with van der Waals surface area (Å²) < 4.78 is 7.93. The van der Waals surface area contributed by atoms with Gasteiger partial charge in [-0.2, -0.15) is 5.10 Å². The first-order valence-electron chi connectivity index (χ1n) is 8.47. The van der Waals surface area contributed by atoms with Crippen LogP contribution in [0.2, 0.25) is 0 Å². The molecule has 0 spiro atoms. The Morgan fingerprint density at radius 2 is 1.96 bits per heavy atom. The van der Waals surface area contributed by atoms with Gasteiger partial charge in [-0.3, -0.25) is 9.59 Å². The topological polar surface area (TPSA) is 91.0 Å². The Bertz CT molecular complexity index is 1020. The number of hydrogen-bond donors (Lipinski definition) is 1. The van der Waals surface area contributed by atoms with Crippen LogP contribution in [0.4, 0.5) is 0 Å². The Morgan fingerprint density at radius 3 is 2.67 bits per heavy atom. The number of aromatic nitrogens is 4. The van der Waals surface area contributed by atoms with Crippen molar-refractivity contribution in [3.63, 3.8) is 0 Å². The lowest BCUT2D eigenvalue weighted by molar-refractivity contribution is -0.122. The van der Waals surface area contributed by atoms with Crippen molar-refractivity contribution in [3.05, 3.63) is 69.8 Å². The van der Waals surface area contributed by atoms with Crippen molar-refractivity contribution in [2.45, 2.75) is 26.9 Å². The summed E-state index contributed by atoms with van der Waals surface area (Å²) in [6.45, 7) is 3.95. The predicted octanol–water partition coefficient (Wildman–Crippen LogP) is 1.37. The second-order valence-electron chi connectivity index (χ2n) is 6.15. The third kappa shape index (κ3) is 4.41. The highest BCUT2D eigenvalue weighted by Crippen LogP contribution is 2.12. The molecule has 0 unspecified atom stereocenters. The van der Waals surface area contributed by atoms with Crippen LogP contribution in [0.5, 0.6) is 5.75 Å². The van der Waals surface area contributed by atoms with E-state index >= 15 is 0 Å². The van der Waals surface area contributed by atoms with Crippen molar-refractivity contribution in [2.24, 2.45) is 0 Å². The van der Waals surface area contributed by atoms with Crippen LogP contribution in [-0.2, 0) is 17.9 Å². The van der Waals surface area contributed by atoms with Gasteiger partial charge in [0.2, 0.25) is 5.91 Å². The maximum atomic E-state index is 12.2. The maximum absolute atomic E-state index is 12.2. The SMILES string of the molecule is COc1cccc(CNC(=O)Cn2nc(-n3nc(C)cc3C)ccc2=O)c1. The van der Waals surface area contributed by atoms with Crippen LogP contribution < -0.4 is 15.6 Å².